The molecule has 1 aliphatic carbocycles. The number of amides is 3. The van der Waals surface area contributed by atoms with Crippen molar-refractivity contribution in [2.24, 2.45) is 0 Å². The maximum atomic E-state index is 13.7. The van der Waals surface area contributed by atoms with Crippen molar-refractivity contribution in [2.45, 2.75) is 57.6 Å². The molecule has 1 unspecified atom stereocenters. The quantitative estimate of drug-likeness (QED) is 0.209. The summed E-state index contributed by atoms with van der Waals surface area (Å²) in [5.41, 5.74) is 5.68. The Kier molecular flexibility index (Phi) is 12.1. The van der Waals surface area contributed by atoms with E-state index in [4.69, 9.17) is 14.2 Å². The Bertz CT molecular complexity index is 1390. The third kappa shape index (κ3) is 8.66. The first-order valence-electron chi connectivity index (χ1n) is 16.5. The van der Waals surface area contributed by atoms with Gasteiger partial charge in [-0.3, -0.25) is 4.79 Å². The number of alkyl carbamates (subject to hydrolysis) is 1. The molecule has 1 atom stereocenters. The minimum absolute atomic E-state index is 0.0702. The molecule has 5 rings (SSSR count). The monoisotopic (exact) mass is 627 g/mol. The standard InChI is InChI=1S/C37H45N3O6/c1-2-3-25-45-37(43)40-22-20-39(21-23-40)35(41)34(19-11-12-24-44-26-28-13-5-4-6-14-28)38-36(42)46-27-33-31-17-9-7-15-29(31)30-16-8-10-18-32(30)33/h4-10,13-18,33-34H,2-3,11-12,19-27H2,1H3,(H,38,42). The van der Waals surface area contributed by atoms with Crippen LogP contribution in [0.5, 0.6) is 0 Å². The minimum Gasteiger partial charge on any atom is -0.449 e. The van der Waals surface area contributed by atoms with E-state index in [0.717, 1.165) is 47.1 Å². The molecular formula is C37H45N3O6. The summed E-state index contributed by atoms with van der Waals surface area (Å²) in [4.78, 5) is 42.6. The second-order valence-electron chi connectivity index (χ2n) is 11.8. The van der Waals surface area contributed by atoms with E-state index in [0.29, 0.717) is 58.8 Å². The molecular weight excluding hydrogens is 582 g/mol. The van der Waals surface area contributed by atoms with E-state index >= 15 is 0 Å². The van der Waals surface area contributed by atoms with Gasteiger partial charge in [-0.1, -0.05) is 92.2 Å². The summed E-state index contributed by atoms with van der Waals surface area (Å²) in [5.74, 6) is -0.239. The fraction of sp³-hybridized carbons (Fsp3) is 0.432. The van der Waals surface area contributed by atoms with Crippen LogP contribution in [0.15, 0.2) is 78.9 Å². The Labute approximate surface area is 271 Å². The summed E-state index contributed by atoms with van der Waals surface area (Å²) in [6, 6.07) is 25.6. The Morgan fingerprint density at radius 1 is 0.761 bits per heavy atom. The van der Waals surface area contributed by atoms with Gasteiger partial charge in [-0.2, -0.15) is 0 Å². The van der Waals surface area contributed by atoms with Crippen LogP contribution in [-0.2, 0) is 25.6 Å². The second kappa shape index (κ2) is 16.8. The predicted octanol–water partition coefficient (Wildman–Crippen LogP) is 6.36. The molecule has 0 aromatic heterocycles. The third-order valence-electron chi connectivity index (χ3n) is 8.65. The van der Waals surface area contributed by atoms with Crippen molar-refractivity contribution in [3.8, 4) is 11.1 Å². The molecule has 1 heterocycles. The zero-order valence-electron chi connectivity index (χ0n) is 26.7. The highest BCUT2D eigenvalue weighted by Crippen LogP contribution is 2.44. The van der Waals surface area contributed by atoms with E-state index in [9.17, 15) is 14.4 Å². The topological polar surface area (TPSA) is 97.4 Å². The molecule has 1 aliphatic heterocycles. The summed E-state index contributed by atoms with van der Waals surface area (Å²) in [6.45, 7) is 5.25. The van der Waals surface area contributed by atoms with Crippen molar-refractivity contribution in [3.63, 3.8) is 0 Å². The molecule has 0 saturated carbocycles. The Morgan fingerprint density at radius 2 is 1.39 bits per heavy atom. The zero-order chi connectivity index (χ0) is 32.1. The first-order valence-corrected chi connectivity index (χ1v) is 16.5. The van der Waals surface area contributed by atoms with Gasteiger partial charge in [0.2, 0.25) is 5.91 Å². The number of nitrogens with one attached hydrogen (secondary N) is 1. The molecule has 1 N–H and O–H groups in total. The van der Waals surface area contributed by atoms with E-state index in [1.54, 1.807) is 9.80 Å². The smallest absolute Gasteiger partial charge is 0.409 e. The highest BCUT2D eigenvalue weighted by molar-refractivity contribution is 5.86. The van der Waals surface area contributed by atoms with Gasteiger partial charge in [-0.05, 0) is 53.5 Å². The van der Waals surface area contributed by atoms with Crippen LogP contribution < -0.4 is 5.32 Å². The van der Waals surface area contributed by atoms with Gasteiger partial charge in [0.05, 0.1) is 13.2 Å². The van der Waals surface area contributed by atoms with Crippen LogP contribution in [0.25, 0.3) is 11.1 Å². The Balaban J connectivity index is 1.15. The number of ether oxygens (including phenoxy) is 3. The van der Waals surface area contributed by atoms with Gasteiger partial charge in [0, 0.05) is 38.7 Å². The second-order valence-corrected chi connectivity index (χ2v) is 11.8. The van der Waals surface area contributed by atoms with Crippen molar-refractivity contribution in [1.82, 2.24) is 15.1 Å². The van der Waals surface area contributed by atoms with Gasteiger partial charge < -0.3 is 29.3 Å². The van der Waals surface area contributed by atoms with Crippen LogP contribution in [0.2, 0.25) is 0 Å². The van der Waals surface area contributed by atoms with Gasteiger partial charge in [0.1, 0.15) is 12.6 Å². The number of unbranched alkanes of at least 4 members (excludes halogenated alkanes) is 2. The van der Waals surface area contributed by atoms with Crippen LogP contribution >= 0.6 is 0 Å². The Hall–Kier alpha value is -4.37. The van der Waals surface area contributed by atoms with Crippen molar-refractivity contribution >= 4 is 18.1 Å². The van der Waals surface area contributed by atoms with E-state index in [1.165, 1.54) is 0 Å². The summed E-state index contributed by atoms with van der Waals surface area (Å²) in [6.07, 6.45) is 2.72. The minimum atomic E-state index is -0.743. The predicted molar refractivity (Wildman–Crippen MR) is 176 cm³/mol. The highest BCUT2D eigenvalue weighted by atomic mass is 16.6. The number of rotatable bonds is 14. The summed E-state index contributed by atoms with van der Waals surface area (Å²) >= 11 is 0. The van der Waals surface area contributed by atoms with E-state index in [-0.39, 0.29) is 24.5 Å². The van der Waals surface area contributed by atoms with Gasteiger partial charge in [-0.25, -0.2) is 9.59 Å². The summed E-state index contributed by atoms with van der Waals surface area (Å²) in [5, 5.41) is 2.87. The van der Waals surface area contributed by atoms with Crippen molar-refractivity contribution in [2.75, 3.05) is 46.0 Å². The number of piperazine rings is 1. The first-order chi connectivity index (χ1) is 22.5. The van der Waals surface area contributed by atoms with Crippen LogP contribution in [0.1, 0.15) is 61.6 Å². The zero-order valence-corrected chi connectivity index (χ0v) is 26.7. The number of benzene rings is 3. The highest BCUT2D eigenvalue weighted by Gasteiger charge is 2.32. The molecule has 0 bridgehead atoms. The number of hydrogen-bond donors (Lipinski definition) is 1. The normalized spacial score (nSPS) is 14.7. The van der Waals surface area contributed by atoms with Gasteiger partial charge in [0.25, 0.3) is 0 Å². The van der Waals surface area contributed by atoms with Crippen LogP contribution in [0.4, 0.5) is 9.59 Å². The lowest BCUT2D eigenvalue weighted by Crippen LogP contribution is -2.56. The molecule has 0 spiro atoms. The van der Waals surface area contributed by atoms with Crippen LogP contribution in [0.3, 0.4) is 0 Å². The van der Waals surface area contributed by atoms with Gasteiger partial charge in [0.15, 0.2) is 0 Å². The molecule has 2 aliphatic rings. The molecule has 9 heteroatoms. The molecule has 3 aromatic carbocycles. The maximum absolute atomic E-state index is 13.7. The third-order valence-corrected chi connectivity index (χ3v) is 8.65. The lowest BCUT2D eigenvalue weighted by Gasteiger charge is -2.36. The number of nitrogens with zero attached hydrogens (tertiary/aromatic N) is 2. The van der Waals surface area contributed by atoms with Crippen LogP contribution in [0, 0.1) is 0 Å². The van der Waals surface area contributed by atoms with Crippen molar-refractivity contribution in [3.05, 3.63) is 95.6 Å². The molecule has 9 nitrogen and oxygen atoms in total. The molecule has 0 radical (unpaired) electrons. The maximum Gasteiger partial charge on any atom is 0.409 e. The molecule has 1 fully saturated rings. The lowest BCUT2D eigenvalue weighted by molar-refractivity contribution is -0.135. The largest absolute Gasteiger partial charge is 0.449 e. The summed E-state index contributed by atoms with van der Waals surface area (Å²) in [7, 11) is 0. The van der Waals surface area contributed by atoms with E-state index in [1.807, 2.05) is 61.5 Å². The van der Waals surface area contributed by atoms with Crippen molar-refractivity contribution in [1.29, 1.82) is 0 Å². The lowest BCUT2D eigenvalue weighted by atomic mass is 9.98. The average Bonchev–Trinajstić information content (AvgIpc) is 3.42. The number of carbonyl (C=O) groups excluding carboxylic acids is 3. The van der Waals surface area contributed by atoms with Crippen molar-refractivity contribution < 1.29 is 28.6 Å². The molecule has 3 aromatic rings. The first kappa shape index (κ1) is 33.0. The fourth-order valence-corrected chi connectivity index (χ4v) is 6.08. The SMILES string of the molecule is CCCCOC(=O)N1CCN(C(=O)C(CCCCOCc2ccccc2)NC(=O)OCC2c3ccccc3-c3ccccc32)CC1. The van der Waals surface area contributed by atoms with Gasteiger partial charge >= 0.3 is 12.2 Å². The number of fused-ring (bicyclic) bond motifs is 3. The average molecular weight is 628 g/mol. The van der Waals surface area contributed by atoms with E-state index in [2.05, 4.69) is 29.6 Å². The van der Waals surface area contributed by atoms with Gasteiger partial charge in [-0.15, -0.1) is 0 Å². The fourth-order valence-electron chi connectivity index (χ4n) is 6.08. The van der Waals surface area contributed by atoms with Crippen LogP contribution in [-0.4, -0.2) is 79.9 Å². The van der Waals surface area contributed by atoms with E-state index < -0.39 is 12.1 Å². The molecule has 3 amide bonds. The number of hydrogen-bond acceptors (Lipinski definition) is 6. The molecule has 1 saturated heterocycles. The molecule has 244 valence electrons. The summed E-state index contributed by atoms with van der Waals surface area (Å²) < 4.78 is 16.9. The number of carbonyl (C=O) groups is 3. The Morgan fingerprint density at radius 3 is 2.07 bits per heavy atom. The molecule has 46 heavy (non-hydrogen) atoms.